The number of hydrogen-bond donors (Lipinski definition) is 1. The monoisotopic (exact) mass is 297 g/mol. The first-order valence-corrected chi connectivity index (χ1v) is 7.74. The first-order valence-electron chi connectivity index (χ1n) is 7.74. The third kappa shape index (κ3) is 1.82. The normalized spacial score (nSPS) is 20.3. The molecule has 0 fully saturated rings. The number of pyridine rings is 1. The van der Waals surface area contributed by atoms with Crippen LogP contribution in [0.1, 0.15) is 29.3 Å². The van der Waals surface area contributed by atoms with Crippen molar-refractivity contribution in [3.05, 3.63) is 45.2 Å². The number of nitrogens with zero attached hydrogens (tertiary/aromatic N) is 2. The topological polar surface area (TPSA) is 68.3 Å². The van der Waals surface area contributed by atoms with E-state index in [0.717, 1.165) is 53.7 Å². The van der Waals surface area contributed by atoms with Crippen LogP contribution in [0.25, 0.3) is 10.9 Å². The van der Waals surface area contributed by atoms with Crippen molar-refractivity contribution in [1.82, 2.24) is 9.47 Å². The third-order valence-electron chi connectivity index (χ3n) is 4.96. The Balaban J connectivity index is 1.96. The third-order valence-corrected chi connectivity index (χ3v) is 4.96. The molecule has 5 nitrogen and oxygen atoms in total. The Morgan fingerprint density at radius 3 is 2.95 bits per heavy atom. The summed E-state index contributed by atoms with van der Waals surface area (Å²) in [6.07, 6.45) is 1.69. The average Bonchev–Trinajstić information content (AvgIpc) is 2.92. The minimum absolute atomic E-state index is 0.148. The second-order valence-electron chi connectivity index (χ2n) is 6.36. The Hall–Kier alpha value is -2.14. The highest BCUT2D eigenvalue weighted by atomic mass is 16.1. The van der Waals surface area contributed by atoms with Crippen molar-refractivity contribution < 1.29 is 4.79 Å². The van der Waals surface area contributed by atoms with Gasteiger partial charge >= 0.3 is 0 Å². The molecule has 2 heterocycles. The number of fused-ring (bicyclic) bond motifs is 2. The van der Waals surface area contributed by atoms with Gasteiger partial charge in [0.25, 0.3) is 0 Å². The van der Waals surface area contributed by atoms with Crippen LogP contribution < -0.4 is 11.2 Å². The van der Waals surface area contributed by atoms with E-state index in [1.54, 1.807) is 0 Å². The van der Waals surface area contributed by atoms with Crippen LogP contribution in [0.3, 0.4) is 0 Å². The average molecular weight is 297 g/mol. The Bertz CT molecular complexity index is 853. The van der Waals surface area contributed by atoms with Crippen molar-refractivity contribution in [2.75, 3.05) is 13.1 Å². The van der Waals surface area contributed by atoms with Crippen LogP contribution >= 0.6 is 0 Å². The van der Waals surface area contributed by atoms with Gasteiger partial charge in [-0.05, 0) is 31.9 Å². The summed E-state index contributed by atoms with van der Waals surface area (Å²) in [6.45, 7) is 3.88. The van der Waals surface area contributed by atoms with Gasteiger partial charge in [-0.2, -0.15) is 0 Å². The molecule has 2 N–H and O–H groups in total. The second kappa shape index (κ2) is 4.68. The summed E-state index contributed by atoms with van der Waals surface area (Å²) < 4.78 is 2.28. The molecule has 1 aromatic carbocycles. The maximum absolute atomic E-state index is 12.8. The number of amides is 1. The van der Waals surface area contributed by atoms with Crippen molar-refractivity contribution >= 4 is 16.8 Å². The minimum Gasteiger partial charge on any atom is -0.369 e. The molecular weight excluding hydrogens is 278 g/mol. The van der Waals surface area contributed by atoms with Crippen LogP contribution in [0.4, 0.5) is 0 Å². The van der Waals surface area contributed by atoms with Gasteiger partial charge in [0, 0.05) is 29.7 Å². The number of carbonyl (C=O) groups is 1. The van der Waals surface area contributed by atoms with Crippen LogP contribution in [0.2, 0.25) is 0 Å². The van der Waals surface area contributed by atoms with Gasteiger partial charge in [0.05, 0.1) is 18.1 Å². The fraction of sp³-hybridized carbons (Fsp3) is 0.412. The highest BCUT2D eigenvalue weighted by molar-refractivity contribution is 5.81. The molecule has 22 heavy (non-hydrogen) atoms. The predicted octanol–water partition coefficient (Wildman–Crippen LogP) is 1.10. The number of primary amides is 1. The number of hydrogen-bond acceptors (Lipinski definition) is 3. The molecule has 2 aromatic rings. The van der Waals surface area contributed by atoms with E-state index in [4.69, 9.17) is 5.73 Å². The lowest BCUT2D eigenvalue weighted by molar-refractivity contribution is -0.120. The fourth-order valence-corrected chi connectivity index (χ4v) is 4.05. The van der Waals surface area contributed by atoms with Crippen molar-refractivity contribution in [3.8, 4) is 0 Å². The lowest BCUT2D eigenvalue weighted by Gasteiger charge is -2.36. The van der Waals surface area contributed by atoms with Gasteiger partial charge in [0.15, 0.2) is 5.43 Å². The Kier molecular flexibility index (Phi) is 2.87. The van der Waals surface area contributed by atoms with Crippen LogP contribution in [0.15, 0.2) is 23.0 Å². The Morgan fingerprint density at radius 1 is 1.36 bits per heavy atom. The minimum atomic E-state index is -0.305. The SMILES string of the molecule is Cc1ccc2c(c1)c(=O)c1c3n2CCN(CC(N)=O)[C@@H]3CC1. The lowest BCUT2D eigenvalue weighted by atomic mass is 10.0. The number of nitrogens with two attached hydrogens (primary N) is 1. The number of carbonyl (C=O) groups excluding carboxylic acids is 1. The van der Waals surface area contributed by atoms with E-state index in [-0.39, 0.29) is 23.9 Å². The predicted molar refractivity (Wildman–Crippen MR) is 84.8 cm³/mol. The summed E-state index contributed by atoms with van der Waals surface area (Å²) in [6, 6.07) is 6.24. The summed E-state index contributed by atoms with van der Waals surface area (Å²) in [4.78, 5) is 26.2. The zero-order valence-corrected chi connectivity index (χ0v) is 12.6. The standard InChI is InChI=1S/C17H19N3O2/c1-10-2-4-13-12(8-10)17(22)11-3-5-14-16(11)20(13)7-6-19(14)9-15(18)21/h2,4,8,14H,3,5-7,9H2,1H3,(H2,18,21)/t14-/m1/s1. The lowest BCUT2D eigenvalue weighted by Crippen LogP contribution is -2.42. The van der Waals surface area contributed by atoms with Crippen molar-refractivity contribution in [3.63, 3.8) is 0 Å². The zero-order valence-electron chi connectivity index (χ0n) is 12.6. The molecular formula is C17H19N3O2. The van der Waals surface area contributed by atoms with E-state index in [0.29, 0.717) is 0 Å². The molecule has 1 atom stereocenters. The van der Waals surface area contributed by atoms with Crippen LogP contribution in [0, 0.1) is 6.92 Å². The first-order chi connectivity index (χ1) is 10.6. The van der Waals surface area contributed by atoms with Gasteiger partial charge in [-0.15, -0.1) is 0 Å². The Labute approximate surface area is 128 Å². The van der Waals surface area contributed by atoms with Crippen LogP contribution in [-0.2, 0) is 17.8 Å². The van der Waals surface area contributed by atoms with E-state index in [1.807, 2.05) is 19.1 Å². The number of aromatic nitrogens is 1. The van der Waals surface area contributed by atoms with E-state index < -0.39 is 0 Å². The van der Waals surface area contributed by atoms with E-state index in [2.05, 4.69) is 15.5 Å². The summed E-state index contributed by atoms with van der Waals surface area (Å²) in [5, 5.41) is 0.822. The molecule has 1 amide bonds. The molecule has 1 aromatic heterocycles. The molecule has 2 aliphatic rings. The summed E-state index contributed by atoms with van der Waals surface area (Å²) in [5.74, 6) is -0.305. The van der Waals surface area contributed by atoms with Gasteiger partial charge in [-0.25, -0.2) is 0 Å². The fourth-order valence-electron chi connectivity index (χ4n) is 4.05. The quantitative estimate of drug-likeness (QED) is 0.902. The van der Waals surface area contributed by atoms with Crippen molar-refractivity contribution in [1.29, 1.82) is 0 Å². The van der Waals surface area contributed by atoms with Gasteiger partial charge in [-0.1, -0.05) is 11.6 Å². The molecule has 5 heteroatoms. The summed E-state index contributed by atoms with van der Waals surface area (Å²) in [7, 11) is 0. The highest BCUT2D eigenvalue weighted by Gasteiger charge is 2.36. The Morgan fingerprint density at radius 2 is 2.18 bits per heavy atom. The van der Waals surface area contributed by atoms with Crippen molar-refractivity contribution in [2.24, 2.45) is 5.73 Å². The second-order valence-corrected chi connectivity index (χ2v) is 6.36. The number of rotatable bonds is 2. The maximum atomic E-state index is 12.8. The largest absolute Gasteiger partial charge is 0.369 e. The summed E-state index contributed by atoms with van der Waals surface area (Å²) in [5.41, 5.74) is 9.68. The maximum Gasteiger partial charge on any atom is 0.231 e. The van der Waals surface area contributed by atoms with Gasteiger partial charge in [0.1, 0.15) is 0 Å². The van der Waals surface area contributed by atoms with Gasteiger partial charge in [0.2, 0.25) is 5.91 Å². The van der Waals surface area contributed by atoms with Crippen LogP contribution in [-0.4, -0.2) is 28.5 Å². The zero-order chi connectivity index (χ0) is 15.4. The molecule has 0 bridgehead atoms. The molecule has 0 radical (unpaired) electrons. The first kappa shape index (κ1) is 13.5. The van der Waals surface area contributed by atoms with E-state index in [9.17, 15) is 9.59 Å². The molecule has 0 saturated heterocycles. The van der Waals surface area contributed by atoms with Crippen LogP contribution in [0.5, 0.6) is 0 Å². The molecule has 0 saturated carbocycles. The molecule has 114 valence electrons. The van der Waals surface area contributed by atoms with Gasteiger partial charge in [-0.3, -0.25) is 14.5 Å². The smallest absolute Gasteiger partial charge is 0.231 e. The highest BCUT2D eigenvalue weighted by Crippen LogP contribution is 2.38. The van der Waals surface area contributed by atoms with Crippen molar-refractivity contribution in [2.45, 2.75) is 32.4 Å². The van der Waals surface area contributed by atoms with E-state index in [1.165, 1.54) is 0 Å². The number of benzene rings is 1. The van der Waals surface area contributed by atoms with Gasteiger partial charge < -0.3 is 10.3 Å². The molecule has 4 rings (SSSR count). The summed E-state index contributed by atoms with van der Waals surface area (Å²) >= 11 is 0. The number of aryl methyl sites for hydroxylation is 1. The molecule has 0 spiro atoms. The molecule has 0 unspecified atom stereocenters. The van der Waals surface area contributed by atoms with E-state index >= 15 is 0 Å². The molecule has 1 aliphatic carbocycles. The molecule has 1 aliphatic heterocycles.